The van der Waals surface area contributed by atoms with Crippen LogP contribution in [-0.2, 0) is 6.54 Å². The molecule has 0 bridgehead atoms. The molecule has 2 aromatic rings. The van der Waals surface area contributed by atoms with Gasteiger partial charge < -0.3 is 5.32 Å². The van der Waals surface area contributed by atoms with Crippen molar-refractivity contribution in [2.24, 2.45) is 0 Å². The molecule has 2 aromatic carbocycles. The predicted octanol–water partition coefficient (Wildman–Crippen LogP) is 4.48. The fraction of sp³-hybridized carbons (Fsp3) is 0.250. The maximum absolute atomic E-state index is 13.4. The summed E-state index contributed by atoms with van der Waals surface area (Å²) in [5, 5.41) is 3.57. The molecule has 0 atom stereocenters. The Kier molecular flexibility index (Phi) is 4.23. The normalized spacial score (nSPS) is 10.8. The lowest BCUT2D eigenvalue weighted by Crippen LogP contribution is -2.05. The fourth-order valence-electron chi connectivity index (χ4n) is 2.21. The van der Waals surface area contributed by atoms with Crippen molar-refractivity contribution in [1.29, 1.82) is 0 Å². The molecule has 2 rings (SSSR count). The van der Waals surface area contributed by atoms with Gasteiger partial charge in [0, 0.05) is 12.1 Å². The zero-order valence-electron chi connectivity index (χ0n) is 11.3. The average Bonchev–Trinajstić information content (AvgIpc) is 2.35. The summed E-state index contributed by atoms with van der Waals surface area (Å²) < 4.78 is 13.4. The van der Waals surface area contributed by atoms with Crippen molar-refractivity contribution in [2.45, 2.75) is 20.4 Å². The van der Waals surface area contributed by atoms with Gasteiger partial charge in [0.15, 0.2) is 0 Å². The van der Waals surface area contributed by atoms with Crippen molar-refractivity contribution in [3.63, 3.8) is 0 Å². The van der Waals surface area contributed by atoms with Crippen LogP contribution in [0.2, 0.25) is 5.02 Å². The summed E-state index contributed by atoms with van der Waals surface area (Å²) in [6.45, 7) is 4.63. The highest BCUT2D eigenvalue weighted by molar-refractivity contribution is 6.33. The predicted molar refractivity (Wildman–Crippen MR) is 79.1 cm³/mol. The molecular weight excluding hydrogens is 261 g/mol. The Labute approximate surface area is 118 Å². The van der Waals surface area contributed by atoms with Crippen LogP contribution in [0, 0.1) is 19.7 Å². The highest BCUT2D eigenvalue weighted by atomic mass is 35.5. The van der Waals surface area contributed by atoms with E-state index in [0.717, 1.165) is 23.2 Å². The van der Waals surface area contributed by atoms with Gasteiger partial charge in [0.25, 0.3) is 0 Å². The van der Waals surface area contributed by atoms with Gasteiger partial charge in [-0.2, -0.15) is 0 Å². The molecule has 0 aromatic heterocycles. The number of hydrogen-bond acceptors (Lipinski definition) is 1. The zero-order chi connectivity index (χ0) is 14.0. The van der Waals surface area contributed by atoms with E-state index in [9.17, 15) is 4.39 Å². The number of hydrogen-bond donors (Lipinski definition) is 1. The van der Waals surface area contributed by atoms with Gasteiger partial charge in [0.2, 0.25) is 0 Å². The van der Waals surface area contributed by atoms with Gasteiger partial charge in [-0.15, -0.1) is 0 Å². The lowest BCUT2D eigenvalue weighted by molar-refractivity contribution is 0.619. The van der Waals surface area contributed by atoms with E-state index < -0.39 is 0 Å². The lowest BCUT2D eigenvalue weighted by Gasteiger charge is -2.11. The standard InChI is InChI=1S/C16H17ClFN/c1-10-6-12(9-19-3)4-5-13(10)14-7-11(2)16(18)8-15(14)17/h4-8,19H,9H2,1-3H3. The first-order valence-electron chi connectivity index (χ1n) is 6.23. The molecule has 19 heavy (non-hydrogen) atoms. The SMILES string of the molecule is CNCc1ccc(-c2cc(C)c(F)cc2Cl)c(C)c1. The van der Waals surface area contributed by atoms with Crippen molar-refractivity contribution in [1.82, 2.24) is 5.32 Å². The minimum absolute atomic E-state index is 0.266. The molecule has 0 unspecified atom stereocenters. The quantitative estimate of drug-likeness (QED) is 0.872. The summed E-state index contributed by atoms with van der Waals surface area (Å²) in [5.74, 6) is -0.266. The Morgan fingerprint density at radius 2 is 1.79 bits per heavy atom. The summed E-state index contributed by atoms with van der Waals surface area (Å²) in [7, 11) is 1.92. The molecule has 0 aliphatic rings. The number of rotatable bonds is 3. The monoisotopic (exact) mass is 277 g/mol. The van der Waals surface area contributed by atoms with E-state index in [1.54, 1.807) is 13.0 Å². The Balaban J connectivity index is 2.50. The lowest BCUT2D eigenvalue weighted by atomic mass is 9.97. The molecule has 1 N–H and O–H groups in total. The smallest absolute Gasteiger partial charge is 0.127 e. The molecule has 0 saturated heterocycles. The molecule has 0 radical (unpaired) electrons. The first kappa shape index (κ1) is 14.0. The maximum Gasteiger partial charge on any atom is 0.127 e. The van der Waals surface area contributed by atoms with Gasteiger partial charge >= 0.3 is 0 Å². The Morgan fingerprint density at radius 3 is 2.42 bits per heavy atom. The molecule has 100 valence electrons. The molecule has 0 fully saturated rings. The van der Waals surface area contributed by atoms with E-state index in [2.05, 4.69) is 17.4 Å². The topological polar surface area (TPSA) is 12.0 Å². The minimum Gasteiger partial charge on any atom is -0.316 e. The fourth-order valence-corrected chi connectivity index (χ4v) is 2.46. The van der Waals surface area contributed by atoms with Crippen molar-refractivity contribution in [3.05, 3.63) is 57.9 Å². The highest BCUT2D eigenvalue weighted by Crippen LogP contribution is 2.32. The van der Waals surface area contributed by atoms with Gasteiger partial charge in [0.1, 0.15) is 5.82 Å². The Morgan fingerprint density at radius 1 is 1.05 bits per heavy atom. The van der Waals surface area contributed by atoms with Gasteiger partial charge in [0.05, 0.1) is 5.02 Å². The van der Waals surface area contributed by atoms with Crippen LogP contribution in [0.5, 0.6) is 0 Å². The minimum atomic E-state index is -0.266. The summed E-state index contributed by atoms with van der Waals surface area (Å²) in [6.07, 6.45) is 0. The van der Waals surface area contributed by atoms with Gasteiger partial charge in [-0.05, 0) is 55.3 Å². The summed E-state index contributed by atoms with van der Waals surface area (Å²) in [4.78, 5) is 0. The van der Waals surface area contributed by atoms with Crippen LogP contribution in [0.4, 0.5) is 4.39 Å². The van der Waals surface area contributed by atoms with Gasteiger partial charge in [-0.25, -0.2) is 4.39 Å². The molecule has 0 amide bonds. The molecule has 0 aliphatic carbocycles. The van der Waals surface area contributed by atoms with E-state index in [0.29, 0.717) is 10.6 Å². The molecule has 0 spiro atoms. The number of aryl methyl sites for hydroxylation is 2. The van der Waals surface area contributed by atoms with Gasteiger partial charge in [-0.1, -0.05) is 29.8 Å². The third kappa shape index (κ3) is 2.96. The highest BCUT2D eigenvalue weighted by Gasteiger charge is 2.10. The summed E-state index contributed by atoms with van der Waals surface area (Å²) in [6, 6.07) is 9.42. The van der Waals surface area contributed by atoms with Gasteiger partial charge in [-0.3, -0.25) is 0 Å². The van der Waals surface area contributed by atoms with Crippen LogP contribution in [-0.4, -0.2) is 7.05 Å². The van der Waals surface area contributed by atoms with Crippen molar-refractivity contribution in [2.75, 3.05) is 7.05 Å². The Bertz CT molecular complexity index is 608. The van der Waals surface area contributed by atoms with Crippen LogP contribution in [0.3, 0.4) is 0 Å². The first-order chi connectivity index (χ1) is 9.02. The van der Waals surface area contributed by atoms with E-state index in [4.69, 9.17) is 11.6 Å². The molecular formula is C16H17ClFN. The molecule has 0 heterocycles. The third-order valence-electron chi connectivity index (χ3n) is 3.21. The van der Waals surface area contributed by atoms with Crippen molar-refractivity contribution in [3.8, 4) is 11.1 Å². The van der Waals surface area contributed by atoms with Crippen LogP contribution in [0.25, 0.3) is 11.1 Å². The molecule has 1 nitrogen and oxygen atoms in total. The van der Waals surface area contributed by atoms with E-state index in [1.165, 1.54) is 11.6 Å². The second kappa shape index (κ2) is 5.72. The molecule has 3 heteroatoms. The number of benzene rings is 2. The largest absolute Gasteiger partial charge is 0.316 e. The van der Waals surface area contributed by atoms with E-state index in [1.807, 2.05) is 20.0 Å². The van der Waals surface area contributed by atoms with E-state index in [-0.39, 0.29) is 5.82 Å². The van der Waals surface area contributed by atoms with Crippen LogP contribution in [0.1, 0.15) is 16.7 Å². The maximum atomic E-state index is 13.4. The molecule has 0 saturated carbocycles. The van der Waals surface area contributed by atoms with Crippen LogP contribution in [0.15, 0.2) is 30.3 Å². The second-order valence-corrected chi connectivity index (χ2v) is 5.17. The summed E-state index contributed by atoms with van der Waals surface area (Å²) in [5.41, 5.74) is 4.90. The first-order valence-corrected chi connectivity index (χ1v) is 6.61. The number of nitrogens with one attached hydrogen (secondary N) is 1. The summed E-state index contributed by atoms with van der Waals surface area (Å²) >= 11 is 6.16. The Hall–Kier alpha value is -1.38. The molecule has 0 aliphatic heterocycles. The van der Waals surface area contributed by atoms with E-state index >= 15 is 0 Å². The van der Waals surface area contributed by atoms with Crippen molar-refractivity contribution >= 4 is 11.6 Å². The third-order valence-corrected chi connectivity index (χ3v) is 3.52. The number of halogens is 2. The van der Waals surface area contributed by atoms with Crippen LogP contribution >= 0.6 is 11.6 Å². The average molecular weight is 278 g/mol. The van der Waals surface area contributed by atoms with Crippen LogP contribution < -0.4 is 5.32 Å². The zero-order valence-corrected chi connectivity index (χ0v) is 12.1. The second-order valence-electron chi connectivity index (χ2n) is 4.76. The van der Waals surface area contributed by atoms with Crippen molar-refractivity contribution < 1.29 is 4.39 Å².